The first-order valence-electron chi connectivity index (χ1n) is 6.12. The number of rotatable bonds is 1. The van der Waals surface area contributed by atoms with Crippen molar-refractivity contribution in [3.05, 3.63) is 35.2 Å². The third-order valence-electron chi connectivity index (χ3n) is 4.02. The molecule has 0 atom stereocenters. The molecule has 1 aromatic rings. The number of hydrogen-bond donors (Lipinski definition) is 0. The van der Waals surface area contributed by atoms with Crippen LogP contribution in [0.3, 0.4) is 0 Å². The summed E-state index contributed by atoms with van der Waals surface area (Å²) in [6.07, 6.45) is 0. The minimum absolute atomic E-state index is 0.334. The Kier molecular flexibility index (Phi) is 3.29. The second kappa shape index (κ2) is 4.26. The topological polar surface area (TPSA) is 18.5 Å². The van der Waals surface area contributed by atoms with E-state index in [1.807, 2.05) is 46.8 Å². The number of hydrogen-bond acceptors (Lipinski definition) is 2. The fourth-order valence-corrected chi connectivity index (χ4v) is 2.15. The van der Waals surface area contributed by atoms with Crippen LogP contribution in [0.2, 0.25) is 5.02 Å². The molecule has 0 saturated carbocycles. The van der Waals surface area contributed by atoms with Gasteiger partial charge in [0.2, 0.25) is 0 Å². The average Bonchev–Trinajstić information content (AvgIpc) is 2.45. The highest BCUT2D eigenvalue weighted by Gasteiger charge is 2.52. The lowest BCUT2D eigenvalue weighted by Crippen LogP contribution is -2.41. The van der Waals surface area contributed by atoms with E-state index in [0.29, 0.717) is 5.02 Å². The zero-order valence-corrected chi connectivity index (χ0v) is 12.4. The van der Waals surface area contributed by atoms with Crippen molar-refractivity contribution in [1.29, 1.82) is 0 Å². The van der Waals surface area contributed by atoms with Crippen molar-refractivity contribution < 1.29 is 9.31 Å². The molecule has 1 radical (unpaired) electrons. The van der Waals surface area contributed by atoms with Gasteiger partial charge in [0.15, 0.2) is 0 Å². The third-order valence-corrected chi connectivity index (χ3v) is 4.54. The van der Waals surface area contributed by atoms with Gasteiger partial charge in [0.1, 0.15) is 0 Å². The van der Waals surface area contributed by atoms with Gasteiger partial charge >= 0.3 is 7.12 Å². The van der Waals surface area contributed by atoms with Gasteiger partial charge in [-0.1, -0.05) is 23.7 Å². The normalized spacial score (nSPS) is 21.4. The van der Waals surface area contributed by atoms with Crippen LogP contribution in [0.25, 0.3) is 0 Å². The van der Waals surface area contributed by atoms with Crippen molar-refractivity contribution in [2.24, 2.45) is 0 Å². The summed E-state index contributed by atoms with van der Waals surface area (Å²) in [4.78, 5) is 0. The van der Waals surface area contributed by atoms with Crippen LogP contribution in [0.4, 0.5) is 0 Å². The van der Waals surface area contributed by atoms with E-state index < -0.39 is 0 Å². The molecule has 1 fully saturated rings. The molecule has 2 rings (SSSR count). The maximum Gasteiger partial charge on any atom is 0.495 e. The van der Waals surface area contributed by atoms with Gasteiger partial charge in [-0.15, -0.1) is 0 Å². The highest BCUT2D eigenvalue weighted by molar-refractivity contribution is 6.63. The smallest absolute Gasteiger partial charge is 0.399 e. The van der Waals surface area contributed by atoms with Crippen LogP contribution in [-0.4, -0.2) is 18.3 Å². The van der Waals surface area contributed by atoms with Gasteiger partial charge in [0.25, 0.3) is 0 Å². The summed E-state index contributed by atoms with van der Waals surface area (Å²) in [6, 6.07) is 3.88. The minimum Gasteiger partial charge on any atom is -0.399 e. The molecule has 4 heteroatoms. The van der Waals surface area contributed by atoms with Gasteiger partial charge in [-0.25, -0.2) is 0 Å². The molecular formula is C14H19BClO2. The molecule has 0 spiro atoms. The fourth-order valence-electron chi connectivity index (χ4n) is 1.98. The lowest BCUT2D eigenvalue weighted by Gasteiger charge is -2.32. The Morgan fingerprint density at radius 3 is 2.11 bits per heavy atom. The Morgan fingerprint density at radius 2 is 1.61 bits per heavy atom. The Bertz CT molecular complexity index is 467. The lowest BCUT2D eigenvalue weighted by atomic mass is 9.76. The molecule has 0 bridgehead atoms. The summed E-state index contributed by atoms with van der Waals surface area (Å²) in [5.74, 6) is 0. The largest absolute Gasteiger partial charge is 0.495 e. The summed E-state index contributed by atoms with van der Waals surface area (Å²) < 4.78 is 12.0. The van der Waals surface area contributed by atoms with Crippen molar-refractivity contribution in [3.8, 4) is 0 Å². The first kappa shape index (κ1) is 13.9. The molecule has 97 valence electrons. The maximum atomic E-state index is 6.23. The third kappa shape index (κ3) is 2.09. The number of benzene rings is 1. The molecule has 1 heterocycles. The van der Waals surface area contributed by atoms with Gasteiger partial charge in [0.05, 0.1) is 11.2 Å². The van der Waals surface area contributed by atoms with E-state index >= 15 is 0 Å². The molecule has 0 aliphatic carbocycles. The first-order chi connectivity index (χ1) is 8.16. The maximum absolute atomic E-state index is 6.23. The van der Waals surface area contributed by atoms with E-state index in [0.717, 1.165) is 16.6 Å². The molecule has 0 N–H and O–H groups in total. The van der Waals surface area contributed by atoms with Crippen LogP contribution in [0.15, 0.2) is 12.1 Å². The predicted molar refractivity (Wildman–Crippen MR) is 76.4 cm³/mol. The van der Waals surface area contributed by atoms with Crippen molar-refractivity contribution in [2.75, 3.05) is 0 Å². The van der Waals surface area contributed by atoms with Crippen LogP contribution >= 0.6 is 11.6 Å². The zero-order valence-electron chi connectivity index (χ0n) is 11.6. The first-order valence-corrected chi connectivity index (χ1v) is 6.50. The predicted octanol–water partition coefficient (Wildman–Crippen LogP) is 3.13. The fraction of sp³-hybridized carbons (Fsp3) is 0.500. The van der Waals surface area contributed by atoms with Crippen LogP contribution in [-0.2, 0) is 9.31 Å². The highest BCUT2D eigenvalue weighted by Crippen LogP contribution is 2.37. The molecule has 0 aromatic heterocycles. The molecule has 1 aromatic carbocycles. The summed E-state index contributed by atoms with van der Waals surface area (Å²) >= 11 is 6.23. The van der Waals surface area contributed by atoms with Crippen molar-refractivity contribution in [1.82, 2.24) is 0 Å². The molecule has 1 aliphatic rings. The van der Waals surface area contributed by atoms with Gasteiger partial charge < -0.3 is 9.31 Å². The quantitative estimate of drug-likeness (QED) is 0.726. The van der Waals surface area contributed by atoms with Crippen molar-refractivity contribution >= 4 is 24.2 Å². The second-order valence-corrected chi connectivity index (χ2v) is 6.22. The lowest BCUT2D eigenvalue weighted by molar-refractivity contribution is 0.00578. The summed E-state index contributed by atoms with van der Waals surface area (Å²) in [7, 11) is -0.368. The second-order valence-electron chi connectivity index (χ2n) is 5.84. The van der Waals surface area contributed by atoms with E-state index in [1.54, 1.807) is 0 Å². The molecular weight excluding hydrogens is 246 g/mol. The van der Waals surface area contributed by atoms with E-state index in [1.165, 1.54) is 0 Å². The van der Waals surface area contributed by atoms with Crippen LogP contribution in [0.5, 0.6) is 0 Å². The van der Waals surface area contributed by atoms with Crippen molar-refractivity contribution in [2.45, 2.75) is 45.8 Å². The summed E-state index contributed by atoms with van der Waals surface area (Å²) in [5.41, 5.74) is 2.11. The monoisotopic (exact) mass is 265 g/mol. The highest BCUT2D eigenvalue weighted by atomic mass is 35.5. The van der Waals surface area contributed by atoms with Crippen LogP contribution in [0.1, 0.15) is 38.8 Å². The van der Waals surface area contributed by atoms with E-state index in [-0.39, 0.29) is 18.3 Å². The Hall–Kier alpha value is -0.505. The summed E-state index contributed by atoms with van der Waals surface area (Å²) in [6.45, 7) is 14.0. The molecule has 0 unspecified atom stereocenters. The van der Waals surface area contributed by atoms with E-state index in [4.69, 9.17) is 20.9 Å². The average molecular weight is 266 g/mol. The van der Waals surface area contributed by atoms with Gasteiger partial charge in [0, 0.05) is 5.02 Å². The Balaban J connectivity index is 2.39. The van der Waals surface area contributed by atoms with E-state index in [9.17, 15) is 0 Å². The molecule has 1 saturated heterocycles. The minimum atomic E-state index is -0.368. The van der Waals surface area contributed by atoms with Crippen molar-refractivity contribution in [3.63, 3.8) is 0 Å². The molecule has 1 aliphatic heterocycles. The SMILES string of the molecule is [CH2]c1ccc(B2OC(C)(C)C(C)(C)O2)c(C)c1Cl. The van der Waals surface area contributed by atoms with Crippen LogP contribution in [0, 0.1) is 13.8 Å². The molecule has 18 heavy (non-hydrogen) atoms. The standard InChI is InChI=1S/C14H19BClO2/c1-9-7-8-11(10(2)12(9)16)15-17-13(3,4)14(5,6)18-15/h7-8H,1H2,2-6H3. The van der Waals surface area contributed by atoms with Gasteiger partial charge in [-0.2, -0.15) is 0 Å². The summed E-state index contributed by atoms with van der Waals surface area (Å²) in [5, 5.41) is 0.683. The zero-order chi connectivity index (χ0) is 13.7. The van der Waals surface area contributed by atoms with Gasteiger partial charge in [-0.05, 0) is 58.1 Å². The van der Waals surface area contributed by atoms with E-state index in [2.05, 4.69) is 6.92 Å². The van der Waals surface area contributed by atoms with Gasteiger partial charge in [-0.3, -0.25) is 0 Å². The number of halogens is 1. The van der Waals surface area contributed by atoms with Crippen LogP contribution < -0.4 is 5.46 Å². The Labute approximate surface area is 115 Å². The molecule has 2 nitrogen and oxygen atoms in total. The Morgan fingerprint density at radius 1 is 1.11 bits per heavy atom. The molecule has 0 amide bonds.